The van der Waals surface area contributed by atoms with Crippen LogP contribution >= 0.6 is 0 Å². The molecule has 0 saturated carbocycles. The minimum absolute atomic E-state index is 0.345. The van der Waals surface area contributed by atoms with E-state index in [9.17, 15) is 4.39 Å². The molecule has 19 heavy (non-hydrogen) atoms. The molecular formula is C15H17FN2O. The zero-order valence-corrected chi connectivity index (χ0v) is 10.8. The van der Waals surface area contributed by atoms with E-state index >= 15 is 0 Å². The first-order valence-electron chi connectivity index (χ1n) is 6.13. The molecule has 0 fully saturated rings. The molecule has 3 nitrogen and oxygen atoms in total. The maximum atomic E-state index is 13.1. The summed E-state index contributed by atoms with van der Waals surface area (Å²) in [6.45, 7) is 3.09. The summed E-state index contributed by atoms with van der Waals surface area (Å²) in [5, 5.41) is 3.07. The van der Waals surface area contributed by atoms with E-state index in [0.717, 1.165) is 11.3 Å². The molecular weight excluding hydrogens is 243 g/mol. The number of hydrogen-bond acceptors (Lipinski definition) is 3. The first-order valence-corrected chi connectivity index (χ1v) is 6.13. The molecule has 0 aliphatic rings. The van der Waals surface area contributed by atoms with E-state index < -0.39 is 0 Å². The van der Waals surface area contributed by atoms with Gasteiger partial charge in [-0.2, -0.15) is 0 Å². The predicted molar refractivity (Wildman–Crippen MR) is 76.0 cm³/mol. The summed E-state index contributed by atoms with van der Waals surface area (Å²) in [5.41, 5.74) is 7.78. The van der Waals surface area contributed by atoms with Crippen LogP contribution in [0.1, 0.15) is 5.56 Å². The highest BCUT2D eigenvalue weighted by atomic mass is 19.1. The number of ether oxygens (including phenoxy) is 1. The average molecular weight is 260 g/mol. The Morgan fingerprint density at radius 2 is 2.05 bits per heavy atom. The predicted octanol–water partition coefficient (Wildman–Crippen LogP) is 3.21. The lowest BCUT2D eigenvalue weighted by Crippen LogP contribution is -2.11. The molecule has 0 spiro atoms. The van der Waals surface area contributed by atoms with Gasteiger partial charge in [-0.25, -0.2) is 4.39 Å². The molecule has 0 saturated heterocycles. The van der Waals surface area contributed by atoms with Gasteiger partial charge in [-0.1, -0.05) is 12.1 Å². The van der Waals surface area contributed by atoms with Crippen LogP contribution in [0.15, 0.2) is 42.5 Å². The summed E-state index contributed by atoms with van der Waals surface area (Å²) >= 11 is 0. The van der Waals surface area contributed by atoms with Crippen molar-refractivity contribution in [3.63, 3.8) is 0 Å². The molecule has 0 radical (unpaired) electrons. The van der Waals surface area contributed by atoms with Crippen LogP contribution in [-0.4, -0.2) is 13.2 Å². The van der Waals surface area contributed by atoms with Crippen LogP contribution in [0.4, 0.5) is 15.8 Å². The minimum Gasteiger partial charge on any atom is -0.492 e. The second kappa shape index (κ2) is 6.09. The minimum atomic E-state index is -0.345. The molecule has 0 unspecified atom stereocenters. The highest BCUT2D eigenvalue weighted by molar-refractivity contribution is 5.54. The van der Waals surface area contributed by atoms with Gasteiger partial charge < -0.3 is 15.8 Å². The molecule has 4 heteroatoms. The second-order valence-electron chi connectivity index (χ2n) is 4.36. The lowest BCUT2D eigenvalue weighted by Gasteiger charge is -2.09. The number of benzene rings is 2. The summed E-state index contributed by atoms with van der Waals surface area (Å²) in [5.74, 6) is 0.489. The Hall–Kier alpha value is -2.23. The van der Waals surface area contributed by atoms with Crippen LogP contribution < -0.4 is 15.8 Å². The fourth-order valence-corrected chi connectivity index (χ4v) is 1.78. The lowest BCUT2D eigenvalue weighted by molar-refractivity contribution is 0.332. The van der Waals surface area contributed by atoms with Crippen molar-refractivity contribution in [3.8, 4) is 5.75 Å². The summed E-state index contributed by atoms with van der Waals surface area (Å²) in [7, 11) is 0. The van der Waals surface area contributed by atoms with Crippen molar-refractivity contribution in [2.75, 3.05) is 24.2 Å². The summed E-state index contributed by atoms with van der Waals surface area (Å²) < 4.78 is 18.7. The number of hydrogen-bond donors (Lipinski definition) is 2. The van der Waals surface area contributed by atoms with E-state index in [0.29, 0.717) is 24.5 Å². The first kappa shape index (κ1) is 13.2. The Morgan fingerprint density at radius 3 is 2.79 bits per heavy atom. The molecule has 0 aromatic heterocycles. The fraction of sp³-hybridized carbons (Fsp3) is 0.200. The number of rotatable bonds is 5. The largest absolute Gasteiger partial charge is 0.492 e. The number of nitrogens with two attached hydrogens (primary N) is 1. The Labute approximate surface area is 112 Å². The number of halogens is 1. The SMILES string of the molecule is Cc1cccc(OCCNc2cc(N)cc(F)c2)c1. The van der Waals surface area contributed by atoms with E-state index in [-0.39, 0.29) is 5.82 Å². The Kier molecular flexibility index (Phi) is 4.23. The maximum absolute atomic E-state index is 13.1. The van der Waals surface area contributed by atoms with Crippen molar-refractivity contribution >= 4 is 11.4 Å². The standard InChI is InChI=1S/C15H17FN2O/c1-11-3-2-4-15(7-11)19-6-5-18-14-9-12(16)8-13(17)10-14/h2-4,7-10,18H,5-6,17H2,1H3. The van der Waals surface area contributed by atoms with E-state index in [1.54, 1.807) is 6.07 Å². The quantitative estimate of drug-likeness (QED) is 0.641. The third-order valence-corrected chi connectivity index (χ3v) is 2.61. The first-order chi connectivity index (χ1) is 9.13. The van der Waals surface area contributed by atoms with Gasteiger partial charge in [-0.3, -0.25) is 0 Å². The number of anilines is 2. The highest BCUT2D eigenvalue weighted by Crippen LogP contribution is 2.15. The molecule has 0 heterocycles. The van der Waals surface area contributed by atoms with Crippen LogP contribution in [0.5, 0.6) is 5.75 Å². The third kappa shape index (κ3) is 4.17. The van der Waals surface area contributed by atoms with Crippen molar-refractivity contribution < 1.29 is 9.13 Å². The van der Waals surface area contributed by atoms with E-state index in [1.165, 1.54) is 12.1 Å². The van der Waals surface area contributed by atoms with Gasteiger partial charge in [0.15, 0.2) is 0 Å². The summed E-state index contributed by atoms with van der Waals surface area (Å²) in [4.78, 5) is 0. The topological polar surface area (TPSA) is 47.3 Å². The van der Waals surface area contributed by atoms with Crippen molar-refractivity contribution in [3.05, 3.63) is 53.8 Å². The van der Waals surface area contributed by atoms with E-state index in [2.05, 4.69) is 5.32 Å². The van der Waals surface area contributed by atoms with Crippen LogP contribution in [0.3, 0.4) is 0 Å². The van der Waals surface area contributed by atoms with Crippen molar-refractivity contribution in [2.45, 2.75) is 6.92 Å². The van der Waals surface area contributed by atoms with Crippen molar-refractivity contribution in [1.82, 2.24) is 0 Å². The molecule has 2 aromatic carbocycles. The molecule has 0 bridgehead atoms. The van der Waals surface area contributed by atoms with Gasteiger partial charge >= 0.3 is 0 Å². The van der Waals surface area contributed by atoms with Gasteiger partial charge in [0.25, 0.3) is 0 Å². The van der Waals surface area contributed by atoms with Gasteiger partial charge in [0.2, 0.25) is 0 Å². The second-order valence-corrected chi connectivity index (χ2v) is 4.36. The van der Waals surface area contributed by atoms with Crippen LogP contribution in [-0.2, 0) is 0 Å². The molecule has 0 aliphatic carbocycles. The summed E-state index contributed by atoms with van der Waals surface area (Å²) in [6.07, 6.45) is 0. The average Bonchev–Trinajstić information content (AvgIpc) is 2.34. The lowest BCUT2D eigenvalue weighted by atomic mass is 10.2. The number of nitrogens with one attached hydrogen (secondary N) is 1. The Morgan fingerprint density at radius 1 is 1.21 bits per heavy atom. The van der Waals surface area contributed by atoms with Gasteiger partial charge in [0, 0.05) is 17.9 Å². The van der Waals surface area contributed by atoms with Gasteiger partial charge in [0.1, 0.15) is 18.2 Å². The van der Waals surface area contributed by atoms with E-state index in [1.807, 2.05) is 31.2 Å². The molecule has 2 aromatic rings. The molecule has 0 atom stereocenters. The molecule has 100 valence electrons. The third-order valence-electron chi connectivity index (χ3n) is 2.61. The zero-order chi connectivity index (χ0) is 13.7. The Balaban J connectivity index is 1.80. The maximum Gasteiger partial charge on any atom is 0.127 e. The number of aryl methyl sites for hydroxylation is 1. The molecule has 0 amide bonds. The molecule has 2 rings (SSSR count). The number of nitrogen functional groups attached to an aromatic ring is 1. The fourth-order valence-electron chi connectivity index (χ4n) is 1.78. The van der Waals surface area contributed by atoms with Gasteiger partial charge in [0.05, 0.1) is 0 Å². The smallest absolute Gasteiger partial charge is 0.127 e. The molecule has 0 aliphatic heterocycles. The van der Waals surface area contributed by atoms with Crippen LogP contribution in [0.2, 0.25) is 0 Å². The summed E-state index contributed by atoms with van der Waals surface area (Å²) in [6, 6.07) is 12.2. The van der Waals surface area contributed by atoms with Crippen LogP contribution in [0, 0.1) is 12.7 Å². The van der Waals surface area contributed by atoms with Crippen LogP contribution in [0.25, 0.3) is 0 Å². The van der Waals surface area contributed by atoms with Crippen molar-refractivity contribution in [1.29, 1.82) is 0 Å². The van der Waals surface area contributed by atoms with E-state index in [4.69, 9.17) is 10.5 Å². The normalized spacial score (nSPS) is 10.2. The Bertz CT molecular complexity index is 537. The van der Waals surface area contributed by atoms with Crippen molar-refractivity contribution in [2.24, 2.45) is 0 Å². The van der Waals surface area contributed by atoms with Gasteiger partial charge in [-0.15, -0.1) is 0 Å². The zero-order valence-electron chi connectivity index (χ0n) is 10.8. The highest BCUT2D eigenvalue weighted by Gasteiger charge is 1.98. The molecule has 3 N–H and O–H groups in total. The monoisotopic (exact) mass is 260 g/mol. The van der Waals surface area contributed by atoms with Gasteiger partial charge in [-0.05, 0) is 42.8 Å².